The van der Waals surface area contributed by atoms with Gasteiger partial charge in [-0.05, 0) is 41.3 Å². The van der Waals surface area contributed by atoms with Crippen LogP contribution in [0.4, 0.5) is 0 Å². The summed E-state index contributed by atoms with van der Waals surface area (Å²) in [6.07, 6.45) is 0. The van der Waals surface area contributed by atoms with Gasteiger partial charge in [0.05, 0.1) is 0 Å². The van der Waals surface area contributed by atoms with Gasteiger partial charge in [-0.25, -0.2) is 0 Å². The molecule has 0 atom stereocenters. The van der Waals surface area contributed by atoms with Crippen LogP contribution in [0, 0.1) is 0 Å². The lowest BCUT2D eigenvalue weighted by atomic mass is 10.2. The average Bonchev–Trinajstić information content (AvgIpc) is 2.78. The van der Waals surface area contributed by atoms with E-state index >= 15 is 0 Å². The number of benzene rings is 4. The first-order chi connectivity index (χ1) is 14.5. The molecule has 7 rings (SSSR count). The molecule has 0 amide bonds. The lowest BCUT2D eigenvalue weighted by molar-refractivity contribution is 0.739. The van der Waals surface area contributed by atoms with Gasteiger partial charge in [0.1, 0.15) is 0 Å². The Morgan fingerprint density at radius 3 is 1.13 bits per heavy atom. The summed E-state index contributed by atoms with van der Waals surface area (Å²) in [5.74, 6) is 0. The van der Waals surface area contributed by atoms with E-state index in [4.69, 9.17) is 0 Å². The van der Waals surface area contributed by atoms with Gasteiger partial charge in [-0.3, -0.25) is 0 Å². The van der Waals surface area contributed by atoms with Gasteiger partial charge in [0.2, 0.25) is 0 Å². The topological polar surface area (TPSA) is 0 Å². The summed E-state index contributed by atoms with van der Waals surface area (Å²) >= 11 is 0. The molecule has 0 aromatic heterocycles. The van der Waals surface area contributed by atoms with Crippen molar-refractivity contribution >= 4 is 52.5 Å². The van der Waals surface area contributed by atoms with E-state index in [1.165, 1.54) is 5.19 Å². The first kappa shape index (κ1) is 18.1. The van der Waals surface area contributed by atoms with Gasteiger partial charge >= 0.3 is 0 Å². The highest BCUT2D eigenvalue weighted by Crippen LogP contribution is 2.38. The molecule has 0 unspecified atom stereocenters. The minimum absolute atomic E-state index is 0.174. The van der Waals surface area contributed by atoms with Crippen molar-refractivity contribution in [3.8, 4) is 0 Å². The van der Waals surface area contributed by atoms with E-state index in [1.54, 1.807) is 31.1 Å². The van der Waals surface area contributed by atoms with Crippen LogP contribution in [0.15, 0.2) is 103 Å². The Morgan fingerprint density at radius 2 is 0.767 bits per heavy atom. The Balaban J connectivity index is 1.93. The van der Waals surface area contributed by atoms with Gasteiger partial charge in [0.15, 0.2) is 16.1 Å². The van der Waals surface area contributed by atoms with Crippen molar-refractivity contribution < 1.29 is 0 Å². The molecular formula is C28H26Si2. The van der Waals surface area contributed by atoms with Gasteiger partial charge in [0, 0.05) is 0 Å². The van der Waals surface area contributed by atoms with Crippen LogP contribution in [-0.2, 0) is 0 Å². The maximum absolute atomic E-state index is 2.48. The molecule has 0 saturated carbocycles. The van der Waals surface area contributed by atoms with Crippen LogP contribution < -0.4 is 36.3 Å². The predicted octanol–water partition coefficient (Wildman–Crippen LogP) is 1.96. The third-order valence-corrected chi connectivity index (χ3v) is 19.2. The Hall–Kier alpha value is -2.69. The molecule has 0 fully saturated rings. The lowest BCUT2D eigenvalue weighted by Gasteiger charge is -2.59. The zero-order valence-corrected chi connectivity index (χ0v) is 19.8. The van der Waals surface area contributed by atoms with Gasteiger partial charge in [-0.1, -0.05) is 124 Å². The normalized spacial score (nSPS) is 23.4. The second kappa shape index (κ2) is 5.93. The fourth-order valence-electron chi connectivity index (χ4n) is 6.65. The molecule has 146 valence electrons. The molecule has 2 bridgehead atoms. The van der Waals surface area contributed by atoms with Gasteiger partial charge in [-0.2, -0.15) is 0 Å². The van der Waals surface area contributed by atoms with E-state index in [9.17, 15) is 0 Å². The fraction of sp³-hybridized carbons (Fsp3) is 0.143. The molecule has 0 spiro atoms. The maximum Gasteiger partial charge on any atom is 0.179 e. The summed E-state index contributed by atoms with van der Waals surface area (Å²) in [4.78, 5) is 0. The van der Waals surface area contributed by atoms with Crippen LogP contribution in [0.25, 0.3) is 0 Å². The Kier molecular flexibility index (Phi) is 3.58. The quantitative estimate of drug-likeness (QED) is 0.415. The van der Waals surface area contributed by atoms with Gasteiger partial charge in [-0.15, -0.1) is 0 Å². The highest BCUT2D eigenvalue weighted by atomic mass is 28.3. The molecule has 4 aromatic carbocycles. The standard InChI is InChI=1S/C28H26Si2/c1-28(2,3)30-25-18-10-7-15-22(25)29(21-13-5-4-6-14-21,23-16-8-11-19-26(23)30)24-17-9-12-20-27(24)30/h4-20H,1-3H3. The second-order valence-electron chi connectivity index (χ2n) is 9.75. The number of hydrogen-bond donors (Lipinski definition) is 0. The van der Waals surface area contributed by atoms with E-state index in [1.807, 2.05) is 0 Å². The lowest BCUT2D eigenvalue weighted by Crippen LogP contribution is -2.99. The van der Waals surface area contributed by atoms with Crippen molar-refractivity contribution in [1.82, 2.24) is 0 Å². The third-order valence-electron chi connectivity index (χ3n) is 7.54. The van der Waals surface area contributed by atoms with E-state index in [2.05, 4.69) is 124 Å². The largest absolute Gasteiger partial charge is 0.179 e. The van der Waals surface area contributed by atoms with Crippen molar-refractivity contribution in [2.45, 2.75) is 25.8 Å². The molecule has 0 nitrogen and oxygen atoms in total. The zero-order valence-electron chi connectivity index (χ0n) is 17.8. The molecule has 0 saturated heterocycles. The highest BCUT2D eigenvalue weighted by molar-refractivity contribution is 7.36. The molecule has 3 heterocycles. The SMILES string of the molecule is CC(C)(C)[Si]12c3ccccc3[Si](c3ccccc3)(c3ccccc31)c1ccccc12. The molecular weight excluding hydrogens is 392 g/mol. The molecule has 3 aliphatic heterocycles. The van der Waals surface area contributed by atoms with E-state index in [-0.39, 0.29) is 5.04 Å². The zero-order chi connectivity index (χ0) is 20.6. The highest BCUT2D eigenvalue weighted by Gasteiger charge is 2.65. The molecule has 0 N–H and O–H groups in total. The third kappa shape index (κ3) is 1.88. The second-order valence-corrected chi connectivity index (χ2v) is 18.1. The van der Waals surface area contributed by atoms with Crippen molar-refractivity contribution in [3.63, 3.8) is 0 Å². The predicted molar refractivity (Wildman–Crippen MR) is 134 cm³/mol. The summed E-state index contributed by atoms with van der Waals surface area (Å²) in [6.45, 7) is 7.43. The van der Waals surface area contributed by atoms with E-state index in [0.29, 0.717) is 0 Å². The summed E-state index contributed by atoms with van der Waals surface area (Å²) in [5.41, 5.74) is 0. The molecule has 3 aliphatic rings. The summed E-state index contributed by atoms with van der Waals surface area (Å²) in [6, 6.07) is 39.8. The van der Waals surface area contributed by atoms with Crippen molar-refractivity contribution in [1.29, 1.82) is 0 Å². The van der Waals surface area contributed by atoms with Crippen LogP contribution in [-0.4, -0.2) is 16.1 Å². The monoisotopic (exact) mass is 418 g/mol. The summed E-state index contributed by atoms with van der Waals surface area (Å²) < 4.78 is 0. The first-order valence-corrected chi connectivity index (χ1v) is 14.9. The van der Waals surface area contributed by atoms with Gasteiger partial charge in [0.25, 0.3) is 0 Å². The van der Waals surface area contributed by atoms with E-state index in [0.717, 1.165) is 0 Å². The van der Waals surface area contributed by atoms with Crippen LogP contribution in [0.3, 0.4) is 0 Å². The van der Waals surface area contributed by atoms with Gasteiger partial charge < -0.3 is 0 Å². The van der Waals surface area contributed by atoms with Crippen molar-refractivity contribution in [2.24, 2.45) is 0 Å². The summed E-state index contributed by atoms with van der Waals surface area (Å²) in [7, 11) is -4.52. The molecule has 4 aromatic rings. The van der Waals surface area contributed by atoms with Crippen molar-refractivity contribution in [2.75, 3.05) is 0 Å². The van der Waals surface area contributed by atoms with Crippen LogP contribution in [0.2, 0.25) is 5.04 Å². The molecule has 0 radical (unpaired) electrons. The Labute approximate surface area is 181 Å². The van der Waals surface area contributed by atoms with Crippen molar-refractivity contribution in [3.05, 3.63) is 103 Å². The fourth-order valence-corrected chi connectivity index (χ4v) is 20.8. The molecule has 30 heavy (non-hydrogen) atoms. The molecule has 2 heteroatoms. The molecule has 0 aliphatic carbocycles. The minimum atomic E-state index is -2.32. The number of hydrogen-bond acceptors (Lipinski definition) is 0. The van der Waals surface area contributed by atoms with Crippen LogP contribution in [0.1, 0.15) is 20.8 Å². The average molecular weight is 419 g/mol. The Morgan fingerprint density at radius 1 is 0.433 bits per heavy atom. The van der Waals surface area contributed by atoms with Crippen LogP contribution >= 0.6 is 0 Å². The van der Waals surface area contributed by atoms with Crippen LogP contribution in [0.5, 0.6) is 0 Å². The Bertz CT molecular complexity index is 1160. The summed E-state index contributed by atoms with van der Waals surface area (Å²) in [5, 5.41) is 11.6. The smallest absolute Gasteiger partial charge is 0.0624 e. The van der Waals surface area contributed by atoms with E-state index < -0.39 is 16.1 Å². The maximum atomic E-state index is 2.48. The first-order valence-electron chi connectivity index (χ1n) is 10.9. The number of rotatable bonds is 1. The minimum Gasteiger partial charge on any atom is -0.0624 e.